The van der Waals surface area contributed by atoms with Gasteiger partial charge in [-0.3, -0.25) is 4.79 Å². The second-order valence-corrected chi connectivity index (χ2v) is 11.0. The maximum absolute atomic E-state index is 12.6. The first-order valence-electron chi connectivity index (χ1n) is 13.7. The molecule has 3 unspecified atom stereocenters. The number of amides is 1. The third-order valence-corrected chi connectivity index (χ3v) is 8.08. The maximum Gasteiger partial charge on any atom is 0.255 e. The van der Waals surface area contributed by atoms with E-state index in [4.69, 9.17) is 9.47 Å². The van der Waals surface area contributed by atoms with Crippen molar-refractivity contribution < 1.29 is 24.5 Å². The second kappa shape index (κ2) is 13.2. The van der Waals surface area contributed by atoms with E-state index >= 15 is 0 Å². The number of aliphatic hydroxyl groups is 1. The highest BCUT2D eigenvalue weighted by molar-refractivity contribution is 7.99. The normalized spacial score (nSPS) is 18.3. The van der Waals surface area contributed by atoms with Gasteiger partial charge in [-0.2, -0.15) is 4.68 Å². The maximum atomic E-state index is 12.6. The van der Waals surface area contributed by atoms with Gasteiger partial charge in [-0.05, 0) is 70.1 Å². The number of ether oxygens (including phenoxy) is 2. The summed E-state index contributed by atoms with van der Waals surface area (Å²) >= 11 is 1.47. The van der Waals surface area contributed by atoms with Crippen molar-refractivity contribution in [2.45, 2.75) is 36.7 Å². The Morgan fingerprint density at radius 1 is 0.907 bits per heavy atom. The highest BCUT2D eigenvalue weighted by Gasteiger charge is 2.32. The number of aromatic nitrogens is 4. The fourth-order valence-corrected chi connectivity index (χ4v) is 5.64. The van der Waals surface area contributed by atoms with Crippen LogP contribution >= 0.6 is 11.8 Å². The van der Waals surface area contributed by atoms with Gasteiger partial charge in [0.2, 0.25) is 5.16 Å². The van der Waals surface area contributed by atoms with E-state index in [1.165, 1.54) is 11.8 Å². The molecule has 0 spiro atoms. The summed E-state index contributed by atoms with van der Waals surface area (Å²) in [4.78, 5) is 12.6. The Kier molecular flexibility index (Phi) is 8.75. The molecular weight excluding hydrogens is 566 g/mol. The highest BCUT2D eigenvalue weighted by atomic mass is 32.2. The van der Waals surface area contributed by atoms with E-state index in [-0.39, 0.29) is 30.5 Å². The van der Waals surface area contributed by atoms with Crippen molar-refractivity contribution in [1.82, 2.24) is 20.2 Å². The SMILES string of the molecule is O=C(Nc1ccc(C2OC(CSc3nnnn3-c3ccc(O)cc3)CC(c3ccc(CO)cc3)O2)cc1)c1ccccc1. The number of hydrogen-bond acceptors (Lipinski definition) is 9. The summed E-state index contributed by atoms with van der Waals surface area (Å²) < 4.78 is 14.5. The van der Waals surface area contributed by atoms with Crippen molar-refractivity contribution >= 4 is 23.4 Å². The number of nitrogens with one attached hydrogen (secondary N) is 1. The fourth-order valence-electron chi connectivity index (χ4n) is 4.73. The number of nitrogens with zero attached hydrogens (tertiary/aromatic N) is 4. The number of anilines is 1. The van der Waals surface area contributed by atoms with E-state index in [1.807, 2.05) is 66.7 Å². The Labute approximate surface area is 252 Å². The first-order valence-corrected chi connectivity index (χ1v) is 14.7. The van der Waals surface area contributed by atoms with E-state index in [9.17, 15) is 15.0 Å². The Hall–Kier alpha value is -4.55. The Bertz CT molecular complexity index is 1650. The minimum Gasteiger partial charge on any atom is -0.508 e. The zero-order valence-corrected chi connectivity index (χ0v) is 23.8. The highest BCUT2D eigenvalue weighted by Crippen LogP contribution is 2.39. The quantitative estimate of drug-likeness (QED) is 0.190. The van der Waals surface area contributed by atoms with E-state index in [0.717, 1.165) is 22.4 Å². The number of phenols is 1. The van der Waals surface area contributed by atoms with Gasteiger partial charge in [-0.25, -0.2) is 0 Å². The van der Waals surface area contributed by atoms with Crippen LogP contribution in [0.5, 0.6) is 5.75 Å². The molecule has 5 aromatic rings. The topological polar surface area (TPSA) is 132 Å². The zero-order chi connectivity index (χ0) is 29.6. The van der Waals surface area contributed by atoms with Crippen molar-refractivity contribution in [3.63, 3.8) is 0 Å². The first-order chi connectivity index (χ1) is 21.1. The third-order valence-electron chi connectivity index (χ3n) is 7.03. The molecule has 1 amide bonds. The molecule has 11 heteroatoms. The molecule has 0 bridgehead atoms. The van der Waals surface area contributed by atoms with Gasteiger partial charge in [-0.1, -0.05) is 66.4 Å². The predicted molar refractivity (Wildman–Crippen MR) is 161 cm³/mol. The summed E-state index contributed by atoms with van der Waals surface area (Å²) in [5, 5.41) is 34.8. The van der Waals surface area contributed by atoms with Gasteiger partial charge >= 0.3 is 0 Å². The monoisotopic (exact) mass is 595 g/mol. The van der Waals surface area contributed by atoms with Gasteiger partial charge in [0.05, 0.1) is 24.5 Å². The average Bonchev–Trinajstić information content (AvgIpc) is 3.53. The number of tetrazole rings is 1. The summed E-state index contributed by atoms with van der Waals surface area (Å²) in [6, 6.07) is 30.9. The van der Waals surface area contributed by atoms with Crippen LogP contribution in [-0.4, -0.2) is 48.2 Å². The molecule has 3 atom stereocenters. The Morgan fingerprint density at radius 2 is 1.63 bits per heavy atom. The van der Waals surface area contributed by atoms with Crippen LogP contribution in [0.15, 0.2) is 108 Å². The van der Waals surface area contributed by atoms with Crippen LogP contribution < -0.4 is 5.32 Å². The number of aromatic hydroxyl groups is 1. The number of carbonyl (C=O) groups excluding carboxylic acids is 1. The van der Waals surface area contributed by atoms with Gasteiger partial charge in [0, 0.05) is 29.0 Å². The molecule has 4 aromatic carbocycles. The van der Waals surface area contributed by atoms with E-state index in [2.05, 4.69) is 20.8 Å². The summed E-state index contributed by atoms with van der Waals surface area (Å²) in [6.45, 7) is -0.0281. The van der Waals surface area contributed by atoms with Gasteiger partial charge in [0.1, 0.15) is 5.75 Å². The Balaban J connectivity index is 1.18. The molecule has 1 aliphatic heterocycles. The second-order valence-electron chi connectivity index (χ2n) is 9.99. The van der Waals surface area contributed by atoms with Gasteiger partial charge in [-0.15, -0.1) is 5.10 Å². The average molecular weight is 596 g/mol. The molecule has 43 heavy (non-hydrogen) atoms. The van der Waals surface area contributed by atoms with Crippen LogP contribution in [0.1, 0.15) is 45.9 Å². The van der Waals surface area contributed by atoms with Gasteiger partial charge < -0.3 is 25.0 Å². The van der Waals surface area contributed by atoms with Crippen molar-refractivity contribution in [2.24, 2.45) is 0 Å². The number of rotatable bonds is 9. The lowest BCUT2D eigenvalue weighted by atomic mass is 10.0. The lowest BCUT2D eigenvalue weighted by Crippen LogP contribution is -2.31. The third kappa shape index (κ3) is 6.92. The van der Waals surface area contributed by atoms with E-state index in [0.29, 0.717) is 28.6 Å². The van der Waals surface area contributed by atoms with Crippen LogP contribution in [-0.2, 0) is 16.1 Å². The number of aliphatic hydroxyl groups excluding tert-OH is 1. The summed E-state index contributed by atoms with van der Waals surface area (Å²) in [5.41, 5.74) is 4.61. The molecule has 6 rings (SSSR count). The van der Waals surface area contributed by atoms with E-state index < -0.39 is 6.29 Å². The molecular formula is C32H29N5O5S. The molecule has 1 aromatic heterocycles. The van der Waals surface area contributed by atoms with E-state index in [1.54, 1.807) is 41.1 Å². The molecule has 1 fully saturated rings. The van der Waals surface area contributed by atoms with Crippen LogP contribution in [0.4, 0.5) is 5.69 Å². The number of hydrogen-bond donors (Lipinski definition) is 3. The summed E-state index contributed by atoms with van der Waals surface area (Å²) in [5.74, 6) is 0.545. The van der Waals surface area contributed by atoms with Crippen LogP contribution in [0, 0.1) is 0 Å². The predicted octanol–water partition coefficient (Wildman–Crippen LogP) is 5.45. The van der Waals surface area contributed by atoms with Crippen molar-refractivity contribution in [1.29, 1.82) is 0 Å². The number of benzene rings is 4. The molecule has 2 heterocycles. The molecule has 10 nitrogen and oxygen atoms in total. The first kappa shape index (κ1) is 28.6. The molecule has 0 aliphatic carbocycles. The van der Waals surface area contributed by atoms with Crippen LogP contribution in [0.2, 0.25) is 0 Å². The van der Waals surface area contributed by atoms with Crippen molar-refractivity contribution in [2.75, 3.05) is 11.1 Å². The lowest BCUT2D eigenvalue weighted by molar-refractivity contribution is -0.245. The largest absolute Gasteiger partial charge is 0.508 e. The fraction of sp³-hybridized carbons (Fsp3) is 0.188. The molecule has 218 valence electrons. The zero-order valence-electron chi connectivity index (χ0n) is 23.0. The van der Waals surface area contributed by atoms with Crippen molar-refractivity contribution in [3.05, 3.63) is 125 Å². The standard InChI is InChI=1S/C32H29N5O5S/c38-19-21-6-8-22(9-7-21)29-18-28(20-43-32-34-35-36-37(32)26-14-16-27(39)17-15-26)41-31(42-29)24-10-12-25(13-11-24)33-30(40)23-4-2-1-3-5-23/h1-17,28-29,31,38-39H,18-20H2,(H,33,40). The number of phenolic OH excluding ortho intramolecular Hbond substituents is 1. The summed E-state index contributed by atoms with van der Waals surface area (Å²) in [6.07, 6.45) is -0.487. The molecule has 1 aliphatic rings. The minimum absolute atomic E-state index is 0.0281. The van der Waals surface area contributed by atoms with Crippen LogP contribution in [0.3, 0.4) is 0 Å². The molecule has 1 saturated heterocycles. The minimum atomic E-state index is -0.645. The molecule has 0 radical (unpaired) electrons. The van der Waals surface area contributed by atoms with Crippen LogP contribution in [0.25, 0.3) is 5.69 Å². The Morgan fingerprint density at radius 3 is 2.35 bits per heavy atom. The number of thioether (sulfide) groups is 1. The molecule has 3 N–H and O–H groups in total. The molecule has 0 saturated carbocycles. The van der Waals surface area contributed by atoms with Gasteiger partial charge in [0.15, 0.2) is 6.29 Å². The summed E-state index contributed by atoms with van der Waals surface area (Å²) in [7, 11) is 0. The lowest BCUT2D eigenvalue weighted by Gasteiger charge is -2.36. The smallest absolute Gasteiger partial charge is 0.255 e. The van der Waals surface area contributed by atoms with Gasteiger partial charge in [0.25, 0.3) is 5.91 Å². The number of carbonyl (C=O) groups is 1. The van der Waals surface area contributed by atoms with Crippen molar-refractivity contribution in [3.8, 4) is 11.4 Å².